The van der Waals surface area contributed by atoms with Crippen LogP contribution in [0.5, 0.6) is 0 Å². The third kappa shape index (κ3) is 4.98. The van der Waals surface area contributed by atoms with E-state index in [1.165, 1.54) is 6.92 Å². The van der Waals surface area contributed by atoms with Crippen LogP contribution in [0.1, 0.15) is 41.5 Å². The Morgan fingerprint density at radius 2 is 1.52 bits per heavy atom. The van der Waals surface area contributed by atoms with Crippen LogP contribution in [0.3, 0.4) is 0 Å². The molecule has 2 fully saturated rings. The maximum Gasteiger partial charge on any atom is 0.303 e. The van der Waals surface area contributed by atoms with Crippen molar-refractivity contribution < 1.29 is 37.6 Å². The molecule has 3 aliphatic rings. The van der Waals surface area contributed by atoms with E-state index in [2.05, 4.69) is 45.0 Å². The first-order chi connectivity index (χ1) is 18.9. The summed E-state index contributed by atoms with van der Waals surface area (Å²) in [5.41, 5.74) is -1.27. The maximum atomic E-state index is 12.3. The summed E-state index contributed by atoms with van der Waals surface area (Å²) in [7, 11) is -1.35. The van der Waals surface area contributed by atoms with E-state index in [1.54, 1.807) is 19.3 Å². The minimum Gasteiger partial charge on any atom is -0.455 e. The molecule has 0 radical (unpaired) electrons. The molecule has 2 aromatic carbocycles. The smallest absolute Gasteiger partial charge is 0.303 e. The van der Waals surface area contributed by atoms with E-state index in [4.69, 9.17) is 32.8 Å². The van der Waals surface area contributed by atoms with E-state index in [-0.39, 0.29) is 11.6 Å². The molecule has 0 saturated carbocycles. The minimum atomic E-state index is -2.92. The molecule has 5 rings (SSSR count). The van der Waals surface area contributed by atoms with Crippen molar-refractivity contribution in [1.82, 2.24) is 0 Å². The summed E-state index contributed by atoms with van der Waals surface area (Å²) in [6.07, 6.45) is -0.129. The van der Waals surface area contributed by atoms with Gasteiger partial charge in [0.2, 0.25) is 0 Å². The summed E-state index contributed by atoms with van der Waals surface area (Å²) in [4.78, 5) is 12.3. The van der Waals surface area contributed by atoms with Gasteiger partial charge in [-0.2, -0.15) is 0 Å². The molecule has 9 heteroatoms. The quantitative estimate of drug-likeness (QED) is 0.284. The SMILES string of the molecule is CO[C@@H]1C=C[C@H](OC(C)=O)[C@@]2(O1)[C@@H]1OC(C)(C)O[C@@H]1O[C@@H]2CO[Si](c1ccccc1)(c1ccccc1)C(C)(C)C. The Morgan fingerprint density at radius 1 is 0.925 bits per heavy atom. The van der Waals surface area contributed by atoms with Gasteiger partial charge >= 0.3 is 5.97 Å². The average molecular weight is 569 g/mol. The Hall–Kier alpha value is -2.37. The van der Waals surface area contributed by atoms with Gasteiger partial charge in [-0.1, -0.05) is 81.4 Å². The minimum absolute atomic E-state index is 0.148. The number of methoxy groups -OCH3 is 1. The molecule has 1 spiro atoms. The number of carbonyl (C=O) groups excluding carboxylic acids is 1. The van der Waals surface area contributed by atoms with Crippen molar-refractivity contribution in [1.29, 1.82) is 0 Å². The highest BCUT2D eigenvalue weighted by Crippen LogP contribution is 2.50. The third-order valence-corrected chi connectivity index (χ3v) is 12.9. The van der Waals surface area contributed by atoms with Crippen LogP contribution < -0.4 is 10.4 Å². The standard InChI is InChI=1S/C31H40O8Si/c1-21(32)35-24-18-19-26(33-7)37-31(24)25(36-28-27(31)38-30(5,6)39-28)20-34-40(29(2,3)4,22-14-10-8-11-15-22)23-16-12-9-13-17-23/h8-19,24-28H,20H2,1-7H3/t24-,25+,26-,27+,28-,31-/m0/s1. The molecule has 6 atom stereocenters. The zero-order chi connectivity index (χ0) is 28.8. The highest BCUT2D eigenvalue weighted by molar-refractivity contribution is 6.99. The van der Waals surface area contributed by atoms with Crippen molar-refractivity contribution in [2.24, 2.45) is 0 Å². The molecule has 3 heterocycles. The van der Waals surface area contributed by atoms with Crippen LogP contribution in [0, 0.1) is 0 Å². The summed E-state index contributed by atoms with van der Waals surface area (Å²) >= 11 is 0. The molecule has 0 aromatic heterocycles. The van der Waals surface area contributed by atoms with Crippen LogP contribution >= 0.6 is 0 Å². The van der Waals surface area contributed by atoms with Gasteiger partial charge in [0.25, 0.3) is 8.32 Å². The maximum absolute atomic E-state index is 12.3. The van der Waals surface area contributed by atoms with Gasteiger partial charge in [0.1, 0.15) is 12.2 Å². The van der Waals surface area contributed by atoms with Crippen LogP contribution in [0.2, 0.25) is 5.04 Å². The predicted octanol–water partition coefficient (Wildman–Crippen LogP) is 3.67. The lowest BCUT2D eigenvalue weighted by atomic mass is 9.84. The van der Waals surface area contributed by atoms with Crippen molar-refractivity contribution in [2.45, 2.75) is 88.9 Å². The molecule has 40 heavy (non-hydrogen) atoms. The molecule has 0 unspecified atom stereocenters. The molecule has 2 saturated heterocycles. The molecule has 8 nitrogen and oxygen atoms in total. The van der Waals surface area contributed by atoms with Crippen molar-refractivity contribution in [3.05, 3.63) is 72.8 Å². The van der Waals surface area contributed by atoms with E-state index in [0.29, 0.717) is 0 Å². The van der Waals surface area contributed by atoms with Crippen LogP contribution in [0.25, 0.3) is 0 Å². The highest BCUT2D eigenvalue weighted by Gasteiger charge is 2.70. The Bertz CT molecular complexity index is 1170. The number of rotatable bonds is 7. The zero-order valence-corrected chi connectivity index (χ0v) is 25.3. The predicted molar refractivity (Wildman–Crippen MR) is 152 cm³/mol. The van der Waals surface area contributed by atoms with E-state index in [1.807, 2.05) is 50.2 Å². The average Bonchev–Trinajstić information content (AvgIpc) is 3.36. The van der Waals surface area contributed by atoms with Gasteiger partial charge in [0.05, 0.1) is 6.61 Å². The zero-order valence-electron chi connectivity index (χ0n) is 24.3. The lowest BCUT2D eigenvalue weighted by molar-refractivity contribution is -0.287. The van der Waals surface area contributed by atoms with Gasteiger partial charge in [-0.3, -0.25) is 4.79 Å². The van der Waals surface area contributed by atoms with Gasteiger partial charge in [-0.05, 0) is 41.4 Å². The lowest BCUT2D eigenvalue weighted by Gasteiger charge is -2.47. The monoisotopic (exact) mass is 568 g/mol. The first-order valence-electron chi connectivity index (χ1n) is 13.8. The molecular formula is C31H40O8Si. The van der Waals surface area contributed by atoms with E-state index in [0.717, 1.165) is 10.4 Å². The molecular weight excluding hydrogens is 528 g/mol. The normalized spacial score (nSPS) is 31.3. The fourth-order valence-corrected chi connectivity index (χ4v) is 10.8. The molecule has 3 aliphatic heterocycles. The number of fused-ring (bicyclic) bond motifs is 2. The van der Waals surface area contributed by atoms with Gasteiger partial charge in [-0.15, -0.1) is 0 Å². The summed E-state index contributed by atoms with van der Waals surface area (Å²) in [6.45, 7) is 11.8. The molecule has 2 aromatic rings. The van der Waals surface area contributed by atoms with Crippen LogP contribution in [0.4, 0.5) is 0 Å². The molecule has 216 valence electrons. The summed E-state index contributed by atoms with van der Waals surface area (Å²) in [5, 5.41) is 2.04. The summed E-state index contributed by atoms with van der Waals surface area (Å²) < 4.78 is 44.3. The Kier molecular flexibility index (Phi) is 7.86. The van der Waals surface area contributed by atoms with Gasteiger partial charge in [0.15, 0.2) is 30.1 Å². The molecule has 0 amide bonds. The Labute approximate surface area is 237 Å². The Morgan fingerprint density at radius 3 is 2.05 bits per heavy atom. The topological polar surface area (TPSA) is 81.7 Å². The molecule has 0 aliphatic carbocycles. The van der Waals surface area contributed by atoms with Crippen molar-refractivity contribution in [3.8, 4) is 0 Å². The van der Waals surface area contributed by atoms with Crippen LogP contribution in [0.15, 0.2) is 72.8 Å². The summed E-state index contributed by atoms with van der Waals surface area (Å²) in [6, 6.07) is 20.8. The number of carbonyl (C=O) groups is 1. The number of benzene rings is 2. The largest absolute Gasteiger partial charge is 0.455 e. The number of hydrogen-bond donors (Lipinski definition) is 0. The summed E-state index contributed by atoms with van der Waals surface area (Å²) in [5.74, 6) is -1.36. The first kappa shape index (κ1) is 29.1. The second-order valence-corrected chi connectivity index (χ2v) is 16.3. The number of hydrogen-bond acceptors (Lipinski definition) is 8. The lowest BCUT2D eigenvalue weighted by Crippen LogP contribution is -2.69. The third-order valence-electron chi connectivity index (χ3n) is 7.91. The van der Waals surface area contributed by atoms with Gasteiger partial charge in [-0.25, -0.2) is 0 Å². The first-order valence-corrected chi connectivity index (χ1v) is 15.7. The van der Waals surface area contributed by atoms with Gasteiger partial charge < -0.3 is 32.8 Å². The second kappa shape index (κ2) is 10.8. The van der Waals surface area contributed by atoms with Crippen LogP contribution in [-0.4, -0.2) is 70.3 Å². The van der Waals surface area contributed by atoms with Crippen molar-refractivity contribution in [2.75, 3.05) is 13.7 Å². The molecule has 0 N–H and O–H groups in total. The van der Waals surface area contributed by atoms with Crippen molar-refractivity contribution >= 4 is 24.7 Å². The van der Waals surface area contributed by atoms with E-state index >= 15 is 0 Å². The number of ether oxygens (including phenoxy) is 6. The second-order valence-electron chi connectivity index (χ2n) is 12.0. The highest BCUT2D eigenvalue weighted by atomic mass is 28.4. The van der Waals surface area contributed by atoms with Crippen molar-refractivity contribution in [3.63, 3.8) is 0 Å². The van der Waals surface area contributed by atoms with Crippen LogP contribution in [-0.2, 0) is 37.6 Å². The van der Waals surface area contributed by atoms with E-state index in [9.17, 15) is 4.79 Å². The fourth-order valence-electron chi connectivity index (χ4n) is 6.29. The van der Waals surface area contributed by atoms with Gasteiger partial charge in [0, 0.05) is 14.0 Å². The molecule has 0 bridgehead atoms. The Balaban J connectivity index is 1.60. The fraction of sp³-hybridized carbons (Fsp3) is 0.516. The van der Waals surface area contributed by atoms with E-state index < -0.39 is 56.6 Å². The number of esters is 1.